The first-order chi connectivity index (χ1) is 11.1. The van der Waals surface area contributed by atoms with E-state index in [-0.39, 0.29) is 11.8 Å². The van der Waals surface area contributed by atoms with Gasteiger partial charge in [0.25, 0.3) is 0 Å². The van der Waals surface area contributed by atoms with Crippen LogP contribution in [0, 0.1) is 10.1 Å². The summed E-state index contributed by atoms with van der Waals surface area (Å²) in [6.07, 6.45) is 3.44. The van der Waals surface area contributed by atoms with Crippen LogP contribution in [0.15, 0.2) is 24.5 Å². The molecule has 1 aromatic carbocycles. The molecule has 2 aromatic rings. The fourth-order valence-corrected chi connectivity index (χ4v) is 2.33. The minimum atomic E-state index is -0.635. The summed E-state index contributed by atoms with van der Waals surface area (Å²) in [4.78, 5) is 18.1. The first-order valence-electron chi connectivity index (χ1n) is 7.03. The molecule has 1 heterocycles. The fraction of sp³-hybridized carbons (Fsp3) is 0.333. The van der Waals surface area contributed by atoms with Crippen LogP contribution in [0.1, 0.15) is 24.3 Å². The van der Waals surface area contributed by atoms with Crippen molar-refractivity contribution >= 4 is 5.69 Å². The maximum Gasteiger partial charge on any atom is 0.392 e. The zero-order chi connectivity index (χ0) is 16.4. The van der Waals surface area contributed by atoms with Crippen LogP contribution in [0.5, 0.6) is 23.3 Å². The zero-order valence-corrected chi connectivity index (χ0v) is 12.7. The van der Waals surface area contributed by atoms with Gasteiger partial charge in [-0.2, -0.15) is 9.97 Å². The van der Waals surface area contributed by atoms with Crippen molar-refractivity contribution in [2.24, 2.45) is 0 Å². The number of rotatable bonds is 6. The van der Waals surface area contributed by atoms with E-state index < -0.39 is 10.6 Å². The van der Waals surface area contributed by atoms with E-state index in [1.807, 2.05) is 6.07 Å². The SMILES string of the molecule is COc1cc(Oc2ncnc(OC)c2[N+](=O)[O-])ccc1C1CC1. The summed E-state index contributed by atoms with van der Waals surface area (Å²) in [5.41, 5.74) is 0.704. The predicted molar refractivity (Wildman–Crippen MR) is 80.3 cm³/mol. The first-order valence-corrected chi connectivity index (χ1v) is 7.03. The molecule has 1 saturated carbocycles. The quantitative estimate of drug-likeness (QED) is 0.596. The Balaban J connectivity index is 1.94. The molecule has 23 heavy (non-hydrogen) atoms. The van der Waals surface area contributed by atoms with Crippen molar-refractivity contribution in [2.45, 2.75) is 18.8 Å². The Morgan fingerprint density at radius 3 is 2.52 bits per heavy atom. The molecule has 0 amide bonds. The van der Waals surface area contributed by atoms with Crippen LogP contribution < -0.4 is 14.2 Å². The van der Waals surface area contributed by atoms with Crippen LogP contribution in [0.25, 0.3) is 0 Å². The van der Waals surface area contributed by atoms with E-state index in [9.17, 15) is 10.1 Å². The number of hydrogen-bond donors (Lipinski definition) is 0. The van der Waals surface area contributed by atoms with Gasteiger partial charge in [0.1, 0.15) is 17.8 Å². The first kappa shape index (κ1) is 15.0. The van der Waals surface area contributed by atoms with Gasteiger partial charge in [-0.3, -0.25) is 10.1 Å². The molecule has 3 rings (SSSR count). The van der Waals surface area contributed by atoms with Gasteiger partial charge in [-0.1, -0.05) is 6.07 Å². The van der Waals surface area contributed by atoms with E-state index in [0.29, 0.717) is 17.4 Å². The number of hydrogen-bond acceptors (Lipinski definition) is 7. The van der Waals surface area contributed by atoms with E-state index in [1.165, 1.54) is 7.11 Å². The van der Waals surface area contributed by atoms with Gasteiger partial charge in [0.15, 0.2) is 0 Å². The van der Waals surface area contributed by atoms with Gasteiger partial charge in [-0.25, -0.2) is 0 Å². The van der Waals surface area contributed by atoms with Crippen molar-refractivity contribution in [1.82, 2.24) is 9.97 Å². The minimum Gasteiger partial charge on any atom is -0.496 e. The van der Waals surface area contributed by atoms with Crippen LogP contribution >= 0.6 is 0 Å². The summed E-state index contributed by atoms with van der Waals surface area (Å²) >= 11 is 0. The second kappa shape index (κ2) is 6.07. The number of methoxy groups -OCH3 is 2. The van der Waals surface area contributed by atoms with Gasteiger partial charge in [0, 0.05) is 6.07 Å². The molecule has 1 aromatic heterocycles. The lowest BCUT2D eigenvalue weighted by atomic mass is 10.1. The third kappa shape index (κ3) is 3.01. The molecule has 1 aliphatic rings. The molecule has 120 valence electrons. The van der Waals surface area contributed by atoms with Crippen molar-refractivity contribution in [2.75, 3.05) is 14.2 Å². The standard InChI is InChI=1S/C15H15N3O5/c1-21-12-7-10(5-6-11(12)9-3-4-9)23-15-13(18(19)20)14(22-2)16-8-17-15/h5-9H,3-4H2,1-2H3. The smallest absolute Gasteiger partial charge is 0.392 e. The molecule has 0 N–H and O–H groups in total. The van der Waals surface area contributed by atoms with E-state index in [0.717, 1.165) is 24.7 Å². The van der Waals surface area contributed by atoms with E-state index in [4.69, 9.17) is 14.2 Å². The Morgan fingerprint density at radius 1 is 1.17 bits per heavy atom. The Morgan fingerprint density at radius 2 is 1.91 bits per heavy atom. The van der Waals surface area contributed by atoms with Gasteiger partial charge < -0.3 is 14.2 Å². The van der Waals surface area contributed by atoms with Crippen LogP contribution in [-0.4, -0.2) is 29.1 Å². The number of nitrogens with zero attached hydrogens (tertiary/aromatic N) is 3. The van der Waals surface area contributed by atoms with Gasteiger partial charge in [0.05, 0.1) is 19.1 Å². The van der Waals surface area contributed by atoms with Gasteiger partial charge in [-0.15, -0.1) is 0 Å². The molecular weight excluding hydrogens is 302 g/mol. The zero-order valence-electron chi connectivity index (χ0n) is 12.7. The number of nitro groups is 1. The lowest BCUT2D eigenvalue weighted by molar-refractivity contribution is -0.387. The number of aromatic nitrogens is 2. The monoisotopic (exact) mass is 317 g/mol. The fourth-order valence-electron chi connectivity index (χ4n) is 2.33. The van der Waals surface area contributed by atoms with Gasteiger partial charge >= 0.3 is 17.4 Å². The van der Waals surface area contributed by atoms with E-state index in [1.54, 1.807) is 19.2 Å². The normalized spacial score (nSPS) is 13.5. The Labute approximate surface area is 132 Å². The van der Waals surface area contributed by atoms with Crippen LogP contribution in [0.3, 0.4) is 0 Å². The molecule has 0 atom stereocenters. The van der Waals surface area contributed by atoms with Crippen LogP contribution in [-0.2, 0) is 0 Å². The summed E-state index contributed by atoms with van der Waals surface area (Å²) in [6, 6.07) is 5.36. The maximum absolute atomic E-state index is 11.2. The maximum atomic E-state index is 11.2. The van der Waals surface area contributed by atoms with E-state index >= 15 is 0 Å². The summed E-state index contributed by atoms with van der Waals surface area (Å²) in [5, 5.41) is 11.2. The highest BCUT2D eigenvalue weighted by Gasteiger charge is 2.28. The number of benzene rings is 1. The predicted octanol–water partition coefficient (Wildman–Crippen LogP) is 3.07. The van der Waals surface area contributed by atoms with Crippen LogP contribution in [0.4, 0.5) is 5.69 Å². The van der Waals surface area contributed by atoms with Gasteiger partial charge in [0.2, 0.25) is 0 Å². The summed E-state index contributed by atoms with van der Waals surface area (Å²) in [6.45, 7) is 0. The average Bonchev–Trinajstić information content (AvgIpc) is 3.39. The average molecular weight is 317 g/mol. The molecule has 0 unspecified atom stereocenters. The third-order valence-corrected chi connectivity index (χ3v) is 3.57. The highest BCUT2D eigenvalue weighted by Crippen LogP contribution is 2.45. The lowest BCUT2D eigenvalue weighted by Crippen LogP contribution is -2.01. The Kier molecular flexibility index (Phi) is 3.96. The molecule has 8 heteroatoms. The molecule has 1 fully saturated rings. The Bertz CT molecular complexity index is 746. The second-order valence-electron chi connectivity index (χ2n) is 5.07. The largest absolute Gasteiger partial charge is 0.496 e. The highest BCUT2D eigenvalue weighted by molar-refractivity contribution is 5.52. The summed E-state index contributed by atoms with van der Waals surface area (Å²) in [7, 11) is 2.88. The van der Waals surface area contributed by atoms with Crippen molar-refractivity contribution in [3.8, 4) is 23.3 Å². The van der Waals surface area contributed by atoms with E-state index in [2.05, 4.69) is 9.97 Å². The second-order valence-corrected chi connectivity index (χ2v) is 5.07. The summed E-state index contributed by atoms with van der Waals surface area (Å²) < 4.78 is 15.8. The molecule has 0 aliphatic heterocycles. The topological polar surface area (TPSA) is 96.6 Å². The van der Waals surface area contributed by atoms with Crippen molar-refractivity contribution in [1.29, 1.82) is 0 Å². The molecule has 8 nitrogen and oxygen atoms in total. The van der Waals surface area contributed by atoms with Crippen molar-refractivity contribution < 1.29 is 19.1 Å². The lowest BCUT2D eigenvalue weighted by Gasteiger charge is -2.11. The molecule has 1 aliphatic carbocycles. The molecule has 0 radical (unpaired) electrons. The molecule has 0 saturated heterocycles. The molecule has 0 bridgehead atoms. The molecule has 0 spiro atoms. The van der Waals surface area contributed by atoms with Gasteiger partial charge in [-0.05, 0) is 30.4 Å². The molecular formula is C15H15N3O5. The summed E-state index contributed by atoms with van der Waals surface area (Å²) in [5.74, 6) is 1.29. The van der Waals surface area contributed by atoms with Crippen LogP contribution in [0.2, 0.25) is 0 Å². The Hall–Kier alpha value is -2.90. The van der Waals surface area contributed by atoms with Crippen molar-refractivity contribution in [3.05, 3.63) is 40.2 Å². The third-order valence-electron chi connectivity index (χ3n) is 3.57. The number of ether oxygens (including phenoxy) is 3. The minimum absolute atomic E-state index is 0.151. The van der Waals surface area contributed by atoms with Crippen molar-refractivity contribution in [3.63, 3.8) is 0 Å². The highest BCUT2D eigenvalue weighted by atomic mass is 16.6.